The molecule has 1 fully saturated rings. The third-order valence-corrected chi connectivity index (χ3v) is 3.42. The summed E-state index contributed by atoms with van der Waals surface area (Å²) in [7, 11) is 2.21. The normalized spacial score (nSPS) is 20.5. The van der Waals surface area contributed by atoms with Crippen LogP contribution in [0.1, 0.15) is 32.1 Å². The van der Waals surface area contributed by atoms with E-state index in [1.807, 2.05) is 0 Å². The Kier molecular flexibility index (Phi) is 5.73. The molecule has 0 unspecified atom stereocenters. The maximum atomic E-state index is 11.9. The molecule has 0 spiro atoms. The first kappa shape index (κ1) is 14.8. The number of ether oxygens (including phenoxy) is 1. The first-order valence-electron chi connectivity index (χ1n) is 6.39. The summed E-state index contributed by atoms with van der Waals surface area (Å²) in [6.07, 6.45) is -0.892. The molecule has 0 amide bonds. The zero-order chi connectivity index (χ0) is 12.8. The SMILES string of the molecule is C[N+]1(CCOCCCC(F)(F)F)CCCCC1. The predicted molar refractivity (Wildman–Crippen MR) is 60.7 cm³/mol. The average molecular weight is 254 g/mol. The smallest absolute Gasteiger partial charge is 0.376 e. The Morgan fingerprint density at radius 3 is 2.29 bits per heavy atom. The number of hydrogen-bond donors (Lipinski definition) is 0. The lowest BCUT2D eigenvalue weighted by atomic mass is 10.1. The summed E-state index contributed by atoms with van der Waals surface area (Å²) < 4.78 is 41.9. The largest absolute Gasteiger partial charge is 0.389 e. The Morgan fingerprint density at radius 2 is 1.71 bits per heavy atom. The van der Waals surface area contributed by atoms with Crippen molar-refractivity contribution in [1.29, 1.82) is 0 Å². The van der Waals surface area contributed by atoms with Gasteiger partial charge in [0.15, 0.2) is 0 Å². The second-order valence-electron chi connectivity index (χ2n) is 5.18. The van der Waals surface area contributed by atoms with E-state index < -0.39 is 12.6 Å². The second kappa shape index (κ2) is 6.59. The van der Waals surface area contributed by atoms with Crippen LogP contribution >= 0.6 is 0 Å². The van der Waals surface area contributed by atoms with Gasteiger partial charge in [0.25, 0.3) is 0 Å². The molecule has 1 aliphatic heterocycles. The minimum Gasteiger partial charge on any atom is -0.376 e. The van der Waals surface area contributed by atoms with E-state index in [2.05, 4.69) is 7.05 Å². The van der Waals surface area contributed by atoms with Crippen LogP contribution in [0.5, 0.6) is 0 Å². The molecule has 2 nitrogen and oxygen atoms in total. The standard InChI is InChI=1S/C12H23F3NO/c1-16(7-3-2-4-8-16)9-11-17-10-5-6-12(13,14)15/h2-11H2,1H3/q+1. The van der Waals surface area contributed by atoms with E-state index >= 15 is 0 Å². The van der Waals surface area contributed by atoms with E-state index in [-0.39, 0.29) is 13.0 Å². The summed E-state index contributed by atoms with van der Waals surface area (Å²) in [6, 6.07) is 0. The van der Waals surface area contributed by atoms with Crippen LogP contribution in [0.15, 0.2) is 0 Å². The van der Waals surface area contributed by atoms with Crippen LogP contribution in [-0.2, 0) is 4.74 Å². The molecule has 0 bridgehead atoms. The van der Waals surface area contributed by atoms with Crippen molar-refractivity contribution in [2.45, 2.75) is 38.3 Å². The van der Waals surface area contributed by atoms with Gasteiger partial charge in [-0.15, -0.1) is 0 Å². The molecule has 1 rings (SSSR count). The third-order valence-electron chi connectivity index (χ3n) is 3.42. The van der Waals surface area contributed by atoms with Gasteiger partial charge in [0, 0.05) is 13.0 Å². The lowest BCUT2D eigenvalue weighted by molar-refractivity contribution is -0.914. The van der Waals surface area contributed by atoms with Crippen LogP contribution in [0.25, 0.3) is 0 Å². The summed E-state index contributed by atoms with van der Waals surface area (Å²) in [6.45, 7) is 4.07. The first-order valence-corrected chi connectivity index (χ1v) is 6.39. The van der Waals surface area contributed by atoms with Crippen LogP contribution in [-0.4, -0.2) is 50.6 Å². The van der Waals surface area contributed by atoms with Crippen molar-refractivity contribution in [3.8, 4) is 0 Å². The molecule has 0 aliphatic carbocycles. The molecule has 0 aromatic heterocycles. The van der Waals surface area contributed by atoms with Crippen molar-refractivity contribution in [2.75, 3.05) is 39.9 Å². The summed E-state index contributed by atoms with van der Waals surface area (Å²) >= 11 is 0. The topological polar surface area (TPSA) is 9.23 Å². The van der Waals surface area contributed by atoms with Crippen molar-refractivity contribution in [2.24, 2.45) is 0 Å². The highest BCUT2D eigenvalue weighted by Gasteiger charge is 2.26. The first-order chi connectivity index (χ1) is 7.91. The lowest BCUT2D eigenvalue weighted by Gasteiger charge is -2.37. The maximum Gasteiger partial charge on any atom is 0.389 e. The number of alkyl halides is 3. The van der Waals surface area contributed by atoms with E-state index in [0.29, 0.717) is 6.61 Å². The fraction of sp³-hybridized carbons (Fsp3) is 1.00. The number of likely N-dealkylation sites (N-methyl/N-ethyl adjacent to an activating group) is 1. The number of quaternary nitrogens is 1. The Labute approximate surface area is 101 Å². The van der Waals surface area contributed by atoms with Gasteiger partial charge in [0.1, 0.15) is 6.54 Å². The molecule has 0 radical (unpaired) electrons. The number of halogens is 3. The Balaban J connectivity index is 2.00. The highest BCUT2D eigenvalue weighted by molar-refractivity contribution is 4.52. The minimum atomic E-state index is -4.05. The number of likely N-dealkylation sites (tertiary alicyclic amines) is 1. The van der Waals surface area contributed by atoms with E-state index in [0.717, 1.165) is 11.0 Å². The zero-order valence-corrected chi connectivity index (χ0v) is 10.6. The summed E-state index contributed by atoms with van der Waals surface area (Å²) in [4.78, 5) is 0. The molecule has 102 valence electrons. The van der Waals surface area contributed by atoms with Crippen molar-refractivity contribution >= 4 is 0 Å². The van der Waals surface area contributed by atoms with Gasteiger partial charge < -0.3 is 9.22 Å². The van der Waals surface area contributed by atoms with Crippen molar-refractivity contribution in [1.82, 2.24) is 0 Å². The minimum absolute atomic E-state index is 0.0766. The van der Waals surface area contributed by atoms with E-state index in [9.17, 15) is 13.2 Å². The molecular weight excluding hydrogens is 231 g/mol. The molecule has 0 aromatic carbocycles. The summed E-state index contributed by atoms with van der Waals surface area (Å²) in [5.41, 5.74) is 0. The zero-order valence-electron chi connectivity index (χ0n) is 10.6. The number of piperidine rings is 1. The van der Waals surface area contributed by atoms with Gasteiger partial charge in [-0.2, -0.15) is 13.2 Å². The van der Waals surface area contributed by atoms with E-state index in [1.54, 1.807) is 0 Å². The van der Waals surface area contributed by atoms with Crippen LogP contribution < -0.4 is 0 Å². The molecule has 1 aliphatic rings. The number of hydrogen-bond acceptors (Lipinski definition) is 1. The molecule has 1 saturated heterocycles. The van der Waals surface area contributed by atoms with Gasteiger partial charge in [-0.3, -0.25) is 0 Å². The number of nitrogens with zero attached hydrogens (tertiary/aromatic N) is 1. The average Bonchev–Trinajstić information content (AvgIpc) is 2.23. The Morgan fingerprint density at radius 1 is 1.06 bits per heavy atom. The Bertz CT molecular complexity index is 212. The van der Waals surface area contributed by atoms with Gasteiger partial charge >= 0.3 is 6.18 Å². The number of rotatable bonds is 6. The van der Waals surface area contributed by atoms with Crippen LogP contribution in [0, 0.1) is 0 Å². The van der Waals surface area contributed by atoms with Gasteiger partial charge in [-0.05, 0) is 25.7 Å². The fourth-order valence-electron chi connectivity index (χ4n) is 2.26. The van der Waals surface area contributed by atoms with Crippen LogP contribution in [0.2, 0.25) is 0 Å². The second-order valence-corrected chi connectivity index (χ2v) is 5.18. The molecule has 0 aromatic rings. The van der Waals surface area contributed by atoms with Crippen LogP contribution in [0.3, 0.4) is 0 Å². The lowest BCUT2D eigenvalue weighted by Crippen LogP contribution is -2.49. The maximum absolute atomic E-state index is 11.9. The Hall–Kier alpha value is -0.290. The van der Waals surface area contributed by atoms with Gasteiger partial charge in [0.2, 0.25) is 0 Å². The van der Waals surface area contributed by atoms with Crippen molar-refractivity contribution < 1.29 is 22.4 Å². The molecule has 0 atom stereocenters. The molecule has 5 heteroatoms. The highest BCUT2D eigenvalue weighted by atomic mass is 19.4. The fourth-order valence-corrected chi connectivity index (χ4v) is 2.26. The van der Waals surface area contributed by atoms with E-state index in [1.165, 1.54) is 32.4 Å². The van der Waals surface area contributed by atoms with Gasteiger partial charge in [0.05, 0.1) is 26.7 Å². The van der Waals surface area contributed by atoms with Crippen LogP contribution in [0.4, 0.5) is 13.2 Å². The molecule has 0 saturated carbocycles. The summed E-state index contributed by atoms with van der Waals surface area (Å²) in [5, 5.41) is 0. The quantitative estimate of drug-likeness (QED) is 0.523. The highest BCUT2D eigenvalue weighted by Crippen LogP contribution is 2.21. The molecular formula is C12H23F3NO+. The van der Waals surface area contributed by atoms with Crippen molar-refractivity contribution in [3.63, 3.8) is 0 Å². The monoisotopic (exact) mass is 254 g/mol. The predicted octanol–water partition coefficient (Wildman–Crippen LogP) is 2.98. The van der Waals surface area contributed by atoms with Gasteiger partial charge in [-0.25, -0.2) is 0 Å². The van der Waals surface area contributed by atoms with Crippen molar-refractivity contribution in [3.05, 3.63) is 0 Å². The van der Waals surface area contributed by atoms with E-state index in [4.69, 9.17) is 4.74 Å². The van der Waals surface area contributed by atoms with Gasteiger partial charge in [-0.1, -0.05) is 0 Å². The molecule has 0 N–H and O–H groups in total. The third kappa shape index (κ3) is 6.88. The molecule has 1 heterocycles. The molecule has 17 heavy (non-hydrogen) atoms. The summed E-state index contributed by atoms with van der Waals surface area (Å²) in [5.74, 6) is 0.